The summed E-state index contributed by atoms with van der Waals surface area (Å²) in [5.74, 6) is 0.749. The van der Waals surface area contributed by atoms with Crippen LogP contribution in [0.1, 0.15) is 22.0 Å². The molecule has 78 heavy (non-hydrogen) atoms. The highest BCUT2D eigenvalue weighted by Crippen LogP contribution is 2.39. The second-order valence-corrected chi connectivity index (χ2v) is 21.7. The van der Waals surface area contributed by atoms with E-state index in [2.05, 4.69) is 205 Å². The highest BCUT2D eigenvalue weighted by molar-refractivity contribution is 7.20. The average Bonchev–Trinajstić information content (AvgIpc) is 3.81. The molecule has 4 aromatic heterocycles. The van der Waals surface area contributed by atoms with Gasteiger partial charge in [0.25, 0.3) is 0 Å². The zero-order valence-electron chi connectivity index (χ0n) is 43.4. The van der Waals surface area contributed by atoms with Crippen LogP contribution in [0.15, 0.2) is 218 Å². The van der Waals surface area contributed by atoms with E-state index in [1.54, 1.807) is 0 Å². The Hall–Kier alpha value is -9.03. The SMILES string of the molecule is Cc1ccccc1-c1c2/c(=C(\C#N)c3nc4ccccc4s3)n(B(c3ccccc3)c3ccccc3)c(-c3ccc(OCCCN(C)C)cc3)c2/c(=C(\C#N)c2nc3ccccc3s2)n1B(c1ccccc1)c1ccccc1. The summed E-state index contributed by atoms with van der Waals surface area (Å²) in [4.78, 5) is 12.8. The number of nitriles is 2. The van der Waals surface area contributed by atoms with Gasteiger partial charge in [0.15, 0.2) is 0 Å². The third kappa shape index (κ3) is 9.31. The molecule has 8 nitrogen and oxygen atoms in total. The first-order valence-corrected chi connectivity index (χ1v) is 27.8. The van der Waals surface area contributed by atoms with E-state index in [9.17, 15) is 10.5 Å². The molecule has 0 amide bonds. The fourth-order valence-corrected chi connectivity index (χ4v) is 12.9. The Kier molecular flexibility index (Phi) is 14.0. The second-order valence-electron chi connectivity index (χ2n) is 19.6. The number of nitrogens with zero attached hydrogens (tertiary/aromatic N) is 7. The van der Waals surface area contributed by atoms with Crippen molar-refractivity contribution >= 4 is 101 Å². The molecule has 0 bridgehead atoms. The van der Waals surface area contributed by atoms with E-state index in [1.165, 1.54) is 22.7 Å². The predicted octanol–water partition coefficient (Wildman–Crippen LogP) is 10.4. The van der Waals surface area contributed by atoms with E-state index in [-0.39, 0.29) is 0 Å². The molecule has 0 aliphatic rings. The Morgan fingerprint density at radius 3 is 1.36 bits per heavy atom. The molecule has 8 aromatic carbocycles. The van der Waals surface area contributed by atoms with Crippen molar-refractivity contribution in [2.75, 3.05) is 27.2 Å². The van der Waals surface area contributed by atoms with Crippen molar-refractivity contribution in [2.24, 2.45) is 0 Å². The number of hydrogen-bond acceptors (Lipinski definition) is 8. The number of hydrogen-bond donors (Lipinski definition) is 0. The highest BCUT2D eigenvalue weighted by Gasteiger charge is 2.38. The third-order valence-corrected chi connectivity index (χ3v) is 16.5. The molecule has 0 fully saturated rings. The van der Waals surface area contributed by atoms with E-state index in [4.69, 9.17) is 14.7 Å². The molecule has 12 heteroatoms. The lowest BCUT2D eigenvalue weighted by Gasteiger charge is -2.24. The van der Waals surface area contributed by atoms with Crippen LogP contribution in [-0.2, 0) is 0 Å². The number of aryl methyl sites for hydroxylation is 1. The molecular weight excluding hydrogens is 993 g/mol. The summed E-state index contributed by atoms with van der Waals surface area (Å²) < 4.78 is 13.2. The average molecular weight is 1040 g/mol. The van der Waals surface area contributed by atoms with Crippen molar-refractivity contribution < 1.29 is 4.74 Å². The number of thiazole rings is 2. The first-order valence-electron chi connectivity index (χ1n) is 26.1. The summed E-state index contributed by atoms with van der Waals surface area (Å²) in [6.07, 6.45) is 0.872. The smallest absolute Gasteiger partial charge is 0.328 e. The summed E-state index contributed by atoms with van der Waals surface area (Å²) in [6.45, 7) is 2.63. The van der Waals surface area contributed by atoms with Crippen LogP contribution in [0.25, 0.3) is 64.9 Å². The Morgan fingerprint density at radius 1 is 0.513 bits per heavy atom. The standard InChI is InChI=1S/C66H51B2N7OS2/c1-45-23-16-17-32-52(45)62-60-59(63(53(43-69)65-71-55-33-18-20-35-57(55)77-65)75(62)68(49-28-12-6-13-29-49)50-30-14-7-15-31-50)61(46-37-39-51(40-38-46)76-42-22-41-73(2)3)74(67(47-24-8-4-9-25-47)48-26-10-5-11-27-48)64(60)54(44-70)66-72-56-34-19-21-36-58(56)78-66/h4-21,23-40H,22,41-42H2,1-3H3/b63-53-,64-54-. The van der Waals surface area contributed by atoms with Crippen molar-refractivity contribution in [3.8, 4) is 40.4 Å². The Labute approximate surface area is 462 Å². The van der Waals surface area contributed by atoms with Crippen molar-refractivity contribution in [3.05, 3.63) is 245 Å². The summed E-state index contributed by atoms with van der Waals surface area (Å²) in [7, 11) is 4.14. The van der Waals surface area contributed by atoms with Crippen LogP contribution in [0.4, 0.5) is 0 Å². The lowest BCUT2D eigenvalue weighted by atomic mass is 9.50. The molecule has 0 saturated heterocycles. The van der Waals surface area contributed by atoms with Gasteiger partial charge in [0.05, 0.1) is 37.7 Å². The van der Waals surface area contributed by atoms with Crippen LogP contribution in [0.3, 0.4) is 0 Å². The van der Waals surface area contributed by atoms with Gasteiger partial charge in [0.2, 0.25) is 0 Å². The van der Waals surface area contributed by atoms with Gasteiger partial charge in [-0.2, -0.15) is 10.5 Å². The second kappa shape index (κ2) is 21.9. The van der Waals surface area contributed by atoms with Gasteiger partial charge in [-0.05, 0) is 87.1 Å². The molecule has 0 aliphatic heterocycles. The topological polar surface area (TPSA) is 95.7 Å². The van der Waals surface area contributed by atoms with Crippen LogP contribution in [0.5, 0.6) is 5.75 Å². The van der Waals surface area contributed by atoms with E-state index >= 15 is 0 Å². The van der Waals surface area contributed by atoms with Crippen molar-refractivity contribution in [1.82, 2.24) is 23.8 Å². The molecule has 0 saturated carbocycles. The Balaban J connectivity index is 1.40. The quantitative estimate of drug-likeness (QED) is 0.0750. The third-order valence-electron chi connectivity index (χ3n) is 14.4. The van der Waals surface area contributed by atoms with Crippen LogP contribution < -0.4 is 37.3 Å². The molecule has 0 atom stereocenters. The van der Waals surface area contributed by atoms with Gasteiger partial charge in [-0.1, -0.05) is 192 Å². The maximum Gasteiger partial charge on any atom is 0.328 e. The van der Waals surface area contributed by atoms with Crippen molar-refractivity contribution in [2.45, 2.75) is 13.3 Å². The van der Waals surface area contributed by atoms with E-state index in [1.807, 2.05) is 60.7 Å². The molecule has 0 unspecified atom stereocenters. The monoisotopic (exact) mass is 1040 g/mol. The predicted molar refractivity (Wildman–Crippen MR) is 326 cm³/mol. The fourth-order valence-electron chi connectivity index (χ4n) is 11.0. The molecule has 4 heterocycles. The van der Waals surface area contributed by atoms with Gasteiger partial charge in [-0.25, -0.2) is 9.97 Å². The van der Waals surface area contributed by atoms with Gasteiger partial charge < -0.3 is 18.6 Å². The minimum absolute atomic E-state index is 0.415. The van der Waals surface area contributed by atoms with Gasteiger partial charge in [0.1, 0.15) is 39.0 Å². The van der Waals surface area contributed by atoms with E-state index < -0.39 is 13.7 Å². The van der Waals surface area contributed by atoms with Crippen LogP contribution in [0, 0.1) is 29.6 Å². The first-order chi connectivity index (χ1) is 38.4. The molecule has 12 aromatic rings. The molecule has 12 rings (SSSR count). The number of para-hydroxylation sites is 2. The first kappa shape index (κ1) is 49.8. The van der Waals surface area contributed by atoms with E-state index in [0.29, 0.717) is 38.5 Å². The molecule has 0 N–H and O–H groups in total. The number of ether oxygens (including phenoxy) is 1. The highest BCUT2D eigenvalue weighted by atomic mass is 32.1. The number of aromatic nitrogens is 4. The molecular formula is C66H51B2N7OS2. The zero-order chi connectivity index (χ0) is 53.1. The molecule has 0 radical (unpaired) electrons. The van der Waals surface area contributed by atoms with Crippen LogP contribution in [-0.4, -0.2) is 64.8 Å². The molecule has 374 valence electrons. The van der Waals surface area contributed by atoms with Gasteiger partial charge in [-0.15, -0.1) is 22.7 Å². The van der Waals surface area contributed by atoms with Gasteiger partial charge in [-0.3, -0.25) is 0 Å². The fraction of sp³-hybridized carbons (Fsp3) is 0.0909. The lowest BCUT2D eigenvalue weighted by molar-refractivity contribution is 0.281. The van der Waals surface area contributed by atoms with E-state index in [0.717, 1.165) is 99.9 Å². The van der Waals surface area contributed by atoms with Gasteiger partial charge >= 0.3 is 13.7 Å². The molecule has 0 aliphatic carbocycles. The largest absolute Gasteiger partial charge is 0.494 e. The summed E-state index contributed by atoms with van der Waals surface area (Å²) >= 11 is 3.03. The lowest BCUT2D eigenvalue weighted by Crippen LogP contribution is -2.54. The normalized spacial score (nSPS) is 12.2. The van der Waals surface area contributed by atoms with Crippen molar-refractivity contribution in [1.29, 1.82) is 10.5 Å². The minimum atomic E-state index is -0.498. The minimum Gasteiger partial charge on any atom is -0.494 e. The van der Waals surface area contributed by atoms with Crippen molar-refractivity contribution in [3.63, 3.8) is 0 Å². The van der Waals surface area contributed by atoms with Gasteiger partial charge in [0, 0.05) is 34.3 Å². The number of fused-ring (bicyclic) bond motifs is 3. The summed E-state index contributed by atoms with van der Waals surface area (Å²) in [5.41, 5.74) is 11.1. The Morgan fingerprint density at radius 2 is 0.923 bits per heavy atom. The summed E-state index contributed by atoms with van der Waals surface area (Å²) in [5, 5.41) is 28.7. The van der Waals surface area contributed by atoms with Crippen LogP contribution >= 0.6 is 22.7 Å². The van der Waals surface area contributed by atoms with Crippen LogP contribution in [0.2, 0.25) is 0 Å². The number of rotatable bonds is 15. The maximum atomic E-state index is 12.3. The molecule has 0 spiro atoms. The summed E-state index contributed by atoms with van der Waals surface area (Å²) in [6, 6.07) is 80.9. The Bertz CT molecular complexity index is 4110. The zero-order valence-corrected chi connectivity index (χ0v) is 45.0. The number of benzene rings is 8. The maximum absolute atomic E-state index is 12.3.